The molecule has 1 N–H and O–H groups in total. The van der Waals surface area contributed by atoms with Gasteiger partial charge in [-0.1, -0.05) is 79.4 Å². The van der Waals surface area contributed by atoms with Crippen LogP contribution in [-0.2, 0) is 11.1 Å². The second-order valence-corrected chi connectivity index (χ2v) is 14.7. The first-order valence-corrected chi connectivity index (χ1v) is 18.3. The van der Waals surface area contributed by atoms with Crippen molar-refractivity contribution in [2.75, 3.05) is 21.3 Å². The van der Waals surface area contributed by atoms with Crippen LogP contribution in [0.3, 0.4) is 0 Å². The summed E-state index contributed by atoms with van der Waals surface area (Å²) >= 11 is 0. The van der Waals surface area contributed by atoms with Crippen LogP contribution >= 0.6 is 7.14 Å². The van der Waals surface area contributed by atoms with Crippen molar-refractivity contribution >= 4 is 50.9 Å². The first-order chi connectivity index (χ1) is 25.0. The van der Waals surface area contributed by atoms with E-state index >= 15 is 4.57 Å². The molecule has 1 unspecified atom stereocenters. The van der Waals surface area contributed by atoms with E-state index in [0.29, 0.717) is 34.0 Å². The lowest BCUT2D eigenvalue weighted by molar-refractivity contribution is 0.415. The van der Waals surface area contributed by atoms with E-state index < -0.39 is 7.14 Å². The Morgan fingerprint density at radius 3 is 2.08 bits per heavy atom. The highest BCUT2D eigenvalue weighted by Crippen LogP contribution is 2.48. The Labute approximate surface area is 298 Å². The number of para-hydroxylation sites is 2. The fourth-order valence-corrected chi connectivity index (χ4v) is 9.96. The number of ether oxygens (including phenoxy) is 3. The van der Waals surface area contributed by atoms with Crippen LogP contribution in [0.2, 0.25) is 0 Å². The largest absolute Gasteiger partial charge is 0.497 e. The van der Waals surface area contributed by atoms with E-state index in [-0.39, 0.29) is 6.04 Å². The molecule has 7 aromatic rings. The first-order valence-electron chi connectivity index (χ1n) is 16.6. The molecule has 0 saturated carbocycles. The highest BCUT2D eigenvalue weighted by atomic mass is 31.2. The second-order valence-electron chi connectivity index (χ2n) is 12.0. The van der Waals surface area contributed by atoms with Gasteiger partial charge in [-0.25, -0.2) is 0 Å². The topological polar surface area (TPSA) is 82.6 Å². The molecule has 7 rings (SSSR count). The van der Waals surface area contributed by atoms with Gasteiger partial charge in [-0.3, -0.25) is 9.97 Å². The summed E-state index contributed by atoms with van der Waals surface area (Å²) < 4.78 is 33.3. The quantitative estimate of drug-likeness (QED) is 0.130. The highest BCUT2D eigenvalue weighted by molar-refractivity contribution is 7.85. The van der Waals surface area contributed by atoms with Crippen molar-refractivity contribution in [2.24, 2.45) is 0 Å². The van der Waals surface area contributed by atoms with E-state index in [2.05, 4.69) is 29.0 Å². The SMILES string of the molecule is C=Cc1cccc2nc(C(NCc3ccccc3P(=O)(c3ccccc3OC)c3ccccc3OC)c3ccnc4ccc(OC)cc34)ccc12. The van der Waals surface area contributed by atoms with Crippen LogP contribution in [0.1, 0.15) is 28.4 Å². The number of fused-ring (bicyclic) bond motifs is 2. The van der Waals surface area contributed by atoms with Crippen molar-refractivity contribution < 1.29 is 18.8 Å². The lowest BCUT2D eigenvalue weighted by Crippen LogP contribution is -2.32. The molecule has 0 aliphatic rings. The minimum atomic E-state index is -3.56. The molecule has 0 spiro atoms. The third kappa shape index (κ3) is 6.27. The number of benzene rings is 5. The summed E-state index contributed by atoms with van der Waals surface area (Å²) in [5, 5.41) is 7.68. The van der Waals surface area contributed by atoms with Crippen LogP contribution in [0.5, 0.6) is 17.2 Å². The summed E-state index contributed by atoms with van der Waals surface area (Å²) in [5.41, 5.74) is 5.41. The van der Waals surface area contributed by atoms with E-state index in [1.807, 2.05) is 128 Å². The van der Waals surface area contributed by atoms with E-state index in [9.17, 15) is 0 Å². The molecule has 8 heteroatoms. The Morgan fingerprint density at radius 1 is 0.706 bits per heavy atom. The lowest BCUT2D eigenvalue weighted by atomic mass is 9.97. The van der Waals surface area contributed by atoms with Gasteiger partial charge in [0.1, 0.15) is 17.2 Å². The fraction of sp³-hybridized carbons (Fsp3) is 0.116. The Morgan fingerprint density at radius 2 is 1.39 bits per heavy atom. The second kappa shape index (κ2) is 14.6. The molecule has 0 aliphatic heterocycles. The summed E-state index contributed by atoms with van der Waals surface area (Å²) in [5.74, 6) is 1.82. The zero-order valence-corrected chi connectivity index (χ0v) is 29.6. The number of hydrogen-bond donors (Lipinski definition) is 1. The van der Waals surface area contributed by atoms with Gasteiger partial charge in [0.25, 0.3) is 0 Å². The van der Waals surface area contributed by atoms with Crippen molar-refractivity contribution in [2.45, 2.75) is 12.6 Å². The molecule has 0 fully saturated rings. The molecule has 254 valence electrons. The highest BCUT2D eigenvalue weighted by Gasteiger charge is 2.37. The zero-order valence-electron chi connectivity index (χ0n) is 28.7. The van der Waals surface area contributed by atoms with Gasteiger partial charge in [0.15, 0.2) is 7.14 Å². The minimum absolute atomic E-state index is 0.370. The molecular formula is C43H38N3O4P. The van der Waals surface area contributed by atoms with Crippen LogP contribution in [0.4, 0.5) is 0 Å². The van der Waals surface area contributed by atoms with Crippen molar-refractivity contribution in [1.29, 1.82) is 0 Å². The molecule has 0 aliphatic carbocycles. The summed E-state index contributed by atoms with van der Waals surface area (Å²) in [6, 6.07) is 40.6. The lowest BCUT2D eigenvalue weighted by Gasteiger charge is -2.27. The Kier molecular flexibility index (Phi) is 9.67. The summed E-state index contributed by atoms with van der Waals surface area (Å²) in [4.78, 5) is 9.84. The fourth-order valence-electron chi connectivity index (χ4n) is 6.78. The van der Waals surface area contributed by atoms with Crippen LogP contribution in [0, 0.1) is 0 Å². The first kappa shape index (κ1) is 33.7. The third-order valence-corrected chi connectivity index (χ3v) is 12.5. The molecule has 5 aromatic carbocycles. The molecule has 2 aromatic heterocycles. The summed E-state index contributed by atoms with van der Waals surface area (Å²) in [6.07, 6.45) is 3.67. The standard InChI is InChI=1S/C43H38N3O4P/c1-5-29-14-12-15-36-32(29)22-24-37(46-36)43(33-25-26-44-35-23-21-31(48-2)27-34(33)35)45-28-30-13-6-9-18-40(30)51(47,41-19-10-7-16-38(41)49-3)42-20-11-8-17-39(42)50-4/h5-27,43,45H,1,28H2,2-4H3. The number of nitrogens with one attached hydrogen (secondary N) is 1. The molecule has 0 radical (unpaired) electrons. The van der Waals surface area contributed by atoms with Gasteiger partial charge in [0.2, 0.25) is 0 Å². The maximum Gasteiger partial charge on any atom is 0.178 e. The monoisotopic (exact) mass is 691 g/mol. The van der Waals surface area contributed by atoms with Gasteiger partial charge in [-0.2, -0.15) is 0 Å². The third-order valence-electron chi connectivity index (χ3n) is 9.27. The predicted molar refractivity (Wildman–Crippen MR) is 208 cm³/mol. The molecule has 7 nitrogen and oxygen atoms in total. The Hall–Kier alpha value is -5.75. The van der Waals surface area contributed by atoms with Gasteiger partial charge in [-0.05, 0) is 77.4 Å². The minimum Gasteiger partial charge on any atom is -0.497 e. The molecule has 51 heavy (non-hydrogen) atoms. The van der Waals surface area contributed by atoms with Crippen LogP contribution in [0.25, 0.3) is 27.9 Å². The molecule has 2 heterocycles. The van der Waals surface area contributed by atoms with Crippen molar-refractivity contribution in [3.05, 3.63) is 163 Å². The smallest absolute Gasteiger partial charge is 0.178 e. The number of hydrogen-bond acceptors (Lipinski definition) is 7. The van der Waals surface area contributed by atoms with Gasteiger partial charge >= 0.3 is 0 Å². The van der Waals surface area contributed by atoms with Crippen molar-refractivity contribution in [1.82, 2.24) is 15.3 Å². The number of methoxy groups -OCH3 is 3. The normalized spacial score (nSPS) is 12.1. The van der Waals surface area contributed by atoms with Gasteiger partial charge in [-0.15, -0.1) is 0 Å². The average Bonchev–Trinajstić information content (AvgIpc) is 3.20. The van der Waals surface area contributed by atoms with E-state index in [4.69, 9.17) is 19.2 Å². The van der Waals surface area contributed by atoms with E-state index in [1.165, 1.54) is 0 Å². The van der Waals surface area contributed by atoms with Gasteiger partial charge in [0.05, 0.1) is 54.7 Å². The molecular weight excluding hydrogens is 653 g/mol. The molecule has 0 saturated heterocycles. The molecule has 0 bridgehead atoms. The molecule has 0 amide bonds. The summed E-state index contributed by atoms with van der Waals surface area (Å²) in [7, 11) is 1.31. The van der Waals surface area contributed by atoms with Gasteiger partial charge in [0, 0.05) is 28.8 Å². The Bertz CT molecular complexity index is 2380. The van der Waals surface area contributed by atoms with Crippen LogP contribution < -0.4 is 35.4 Å². The average molecular weight is 692 g/mol. The number of rotatable bonds is 12. The number of pyridine rings is 2. The zero-order chi connectivity index (χ0) is 35.4. The summed E-state index contributed by atoms with van der Waals surface area (Å²) in [6.45, 7) is 4.37. The van der Waals surface area contributed by atoms with Gasteiger partial charge < -0.3 is 24.1 Å². The van der Waals surface area contributed by atoms with Crippen molar-refractivity contribution in [3.8, 4) is 17.2 Å². The van der Waals surface area contributed by atoms with Crippen LogP contribution in [-0.4, -0.2) is 31.3 Å². The maximum absolute atomic E-state index is 16.0. The maximum atomic E-state index is 16.0. The number of nitrogens with zero attached hydrogens (tertiary/aromatic N) is 2. The van der Waals surface area contributed by atoms with E-state index in [0.717, 1.165) is 49.9 Å². The van der Waals surface area contributed by atoms with E-state index in [1.54, 1.807) is 21.3 Å². The van der Waals surface area contributed by atoms with Crippen LogP contribution in [0.15, 0.2) is 140 Å². The molecule has 1 atom stereocenters. The Balaban J connectivity index is 1.40. The van der Waals surface area contributed by atoms with Crippen molar-refractivity contribution in [3.63, 3.8) is 0 Å². The number of aromatic nitrogens is 2. The predicted octanol–water partition coefficient (Wildman–Crippen LogP) is 7.97.